The molecule has 0 fully saturated rings. The number of Topliss-reactive ketones (excluding diaryl/α,β-unsaturated/α-hetero) is 1. The highest BCUT2D eigenvalue weighted by Crippen LogP contribution is 2.42. The molecule has 1 N–H and O–H groups in total. The van der Waals surface area contributed by atoms with Crippen LogP contribution in [-0.2, 0) is 24.2 Å². The fraction of sp³-hybridized carbons (Fsp3) is 0.478. The van der Waals surface area contributed by atoms with Crippen molar-refractivity contribution in [1.29, 1.82) is 0 Å². The number of halogens is 1. The third kappa shape index (κ3) is 4.82. The molecule has 0 saturated heterocycles. The highest BCUT2D eigenvalue weighted by atomic mass is 79.9. The van der Waals surface area contributed by atoms with Gasteiger partial charge in [0.15, 0.2) is 0 Å². The van der Waals surface area contributed by atoms with E-state index in [0.29, 0.717) is 24.5 Å². The first kappa shape index (κ1) is 21.2. The second-order valence-corrected chi connectivity index (χ2v) is 11.1. The first-order valence-corrected chi connectivity index (χ1v) is 12.9. The molecule has 0 aliphatic carbocycles. The molecule has 1 atom stereocenters. The lowest BCUT2D eigenvalue weighted by atomic mass is 9.98. The second kappa shape index (κ2) is 9.38. The Labute approximate surface area is 189 Å². The minimum Gasteiger partial charge on any atom is -0.312 e. The van der Waals surface area contributed by atoms with Crippen LogP contribution >= 0.6 is 38.6 Å². The first-order chi connectivity index (χ1) is 14.0. The van der Waals surface area contributed by atoms with Crippen molar-refractivity contribution >= 4 is 54.6 Å². The number of thiophene rings is 1. The minimum atomic E-state index is 0.366. The number of nitrogens with one attached hydrogen (secondary N) is 1. The SMILES string of the molecule is CCC(C)CCCC(=O)Cc1sc2c(c1-c1nc3cc(Br)ccc3s1)CCNC2. The van der Waals surface area contributed by atoms with E-state index in [9.17, 15) is 4.79 Å². The largest absolute Gasteiger partial charge is 0.312 e. The molecule has 3 nitrogen and oxygen atoms in total. The molecule has 0 bridgehead atoms. The Bertz CT molecular complexity index is 1020. The quantitative estimate of drug-likeness (QED) is 0.379. The van der Waals surface area contributed by atoms with Crippen LogP contribution in [0.3, 0.4) is 0 Å². The lowest BCUT2D eigenvalue weighted by Crippen LogP contribution is -2.22. The van der Waals surface area contributed by atoms with Crippen LogP contribution in [0.2, 0.25) is 0 Å². The summed E-state index contributed by atoms with van der Waals surface area (Å²) in [5.74, 6) is 1.07. The van der Waals surface area contributed by atoms with Gasteiger partial charge >= 0.3 is 0 Å². The monoisotopic (exact) mass is 490 g/mol. The minimum absolute atomic E-state index is 0.366. The Morgan fingerprint density at radius 1 is 1.34 bits per heavy atom. The number of carbonyl (C=O) groups is 1. The van der Waals surface area contributed by atoms with Gasteiger partial charge < -0.3 is 5.32 Å². The zero-order valence-electron chi connectivity index (χ0n) is 17.0. The van der Waals surface area contributed by atoms with Crippen molar-refractivity contribution in [3.8, 4) is 10.6 Å². The highest BCUT2D eigenvalue weighted by molar-refractivity contribution is 9.10. The summed E-state index contributed by atoms with van der Waals surface area (Å²) in [6.07, 6.45) is 5.60. The fourth-order valence-electron chi connectivity index (χ4n) is 3.89. The van der Waals surface area contributed by atoms with Crippen LogP contribution < -0.4 is 5.32 Å². The Morgan fingerprint density at radius 3 is 3.03 bits per heavy atom. The van der Waals surface area contributed by atoms with E-state index in [4.69, 9.17) is 4.98 Å². The normalized spacial score (nSPS) is 14.9. The smallest absolute Gasteiger partial charge is 0.138 e. The summed E-state index contributed by atoms with van der Waals surface area (Å²) in [7, 11) is 0. The van der Waals surface area contributed by atoms with Crippen molar-refractivity contribution in [3.63, 3.8) is 0 Å². The van der Waals surface area contributed by atoms with Crippen molar-refractivity contribution in [1.82, 2.24) is 10.3 Å². The molecule has 6 heteroatoms. The first-order valence-electron chi connectivity index (χ1n) is 10.5. The van der Waals surface area contributed by atoms with Crippen LogP contribution in [0.5, 0.6) is 0 Å². The molecule has 29 heavy (non-hydrogen) atoms. The van der Waals surface area contributed by atoms with Crippen molar-refractivity contribution in [2.45, 2.75) is 58.9 Å². The number of fused-ring (bicyclic) bond motifs is 2. The Hall–Kier alpha value is -1.08. The molecule has 0 radical (unpaired) electrons. The van der Waals surface area contributed by atoms with E-state index in [1.54, 1.807) is 11.3 Å². The fourth-order valence-corrected chi connectivity index (χ4v) is 6.70. The number of aromatic nitrogens is 1. The molecule has 4 rings (SSSR count). The number of carbonyl (C=O) groups excluding carboxylic acids is 1. The summed E-state index contributed by atoms with van der Waals surface area (Å²) in [5, 5.41) is 4.55. The lowest BCUT2D eigenvalue weighted by molar-refractivity contribution is -0.118. The van der Waals surface area contributed by atoms with Crippen molar-refractivity contribution in [3.05, 3.63) is 38.0 Å². The molecule has 0 spiro atoms. The summed E-state index contributed by atoms with van der Waals surface area (Å²) in [5.41, 5.74) is 3.69. The van der Waals surface area contributed by atoms with E-state index < -0.39 is 0 Å². The van der Waals surface area contributed by atoms with Crippen LogP contribution in [0.25, 0.3) is 20.8 Å². The number of thiazole rings is 1. The van der Waals surface area contributed by atoms with Gasteiger partial charge in [-0.15, -0.1) is 22.7 Å². The van der Waals surface area contributed by atoms with E-state index in [1.165, 1.54) is 32.0 Å². The summed E-state index contributed by atoms with van der Waals surface area (Å²) in [6.45, 7) is 6.40. The Morgan fingerprint density at radius 2 is 2.21 bits per heavy atom. The van der Waals surface area contributed by atoms with E-state index in [-0.39, 0.29) is 0 Å². The number of hydrogen-bond acceptors (Lipinski definition) is 5. The summed E-state index contributed by atoms with van der Waals surface area (Å²) in [6, 6.07) is 6.27. The topological polar surface area (TPSA) is 42.0 Å². The van der Waals surface area contributed by atoms with Crippen LogP contribution in [-0.4, -0.2) is 17.3 Å². The lowest BCUT2D eigenvalue weighted by Gasteiger charge is -2.13. The Balaban J connectivity index is 1.62. The van der Waals surface area contributed by atoms with Crippen LogP contribution in [0.15, 0.2) is 22.7 Å². The third-order valence-electron chi connectivity index (χ3n) is 5.77. The molecular formula is C23H27BrN2OS2. The summed E-state index contributed by atoms with van der Waals surface area (Å²) >= 11 is 7.11. The van der Waals surface area contributed by atoms with Gasteiger partial charge in [-0.1, -0.05) is 42.6 Å². The predicted molar refractivity (Wildman–Crippen MR) is 128 cm³/mol. The van der Waals surface area contributed by atoms with Crippen LogP contribution in [0.1, 0.15) is 54.8 Å². The molecule has 3 aromatic rings. The maximum absolute atomic E-state index is 12.8. The molecular weight excluding hydrogens is 464 g/mol. The summed E-state index contributed by atoms with van der Waals surface area (Å²) in [4.78, 5) is 20.3. The molecule has 1 aromatic carbocycles. The molecule has 1 aliphatic rings. The molecule has 1 aliphatic heterocycles. The third-order valence-corrected chi connectivity index (χ3v) is 8.55. The van der Waals surface area contributed by atoms with Crippen molar-refractivity contribution in [2.24, 2.45) is 5.92 Å². The summed E-state index contributed by atoms with van der Waals surface area (Å²) < 4.78 is 2.25. The van der Waals surface area contributed by atoms with E-state index in [2.05, 4.69) is 53.3 Å². The van der Waals surface area contributed by atoms with Gasteiger partial charge in [-0.05, 0) is 49.1 Å². The number of ketones is 1. The van der Waals surface area contributed by atoms with Crippen molar-refractivity contribution < 1.29 is 4.79 Å². The van der Waals surface area contributed by atoms with Gasteiger partial charge in [-0.2, -0.15) is 0 Å². The van der Waals surface area contributed by atoms with E-state index >= 15 is 0 Å². The van der Waals surface area contributed by atoms with Gasteiger partial charge in [0.05, 0.1) is 10.2 Å². The van der Waals surface area contributed by atoms with Gasteiger partial charge in [-0.25, -0.2) is 4.98 Å². The van der Waals surface area contributed by atoms with E-state index in [1.807, 2.05) is 11.3 Å². The average Bonchev–Trinajstić information content (AvgIpc) is 3.27. The number of hydrogen-bond donors (Lipinski definition) is 1. The number of benzene rings is 1. The molecule has 0 saturated carbocycles. The molecule has 154 valence electrons. The number of rotatable bonds is 8. The standard InChI is InChI=1S/C23H27BrN2OS2/c1-3-14(2)5-4-6-16(27)12-20-22(17-9-10-25-13-21(17)28-20)23-26-18-11-15(24)7-8-19(18)29-23/h7-8,11,14,25H,3-6,9-10,12-13H2,1-2H3. The molecule has 2 aromatic heterocycles. The van der Waals surface area contributed by atoms with Crippen molar-refractivity contribution in [2.75, 3.05) is 6.54 Å². The second-order valence-electron chi connectivity index (χ2n) is 7.98. The molecule has 0 amide bonds. The molecule has 1 unspecified atom stereocenters. The van der Waals surface area contributed by atoms with Gasteiger partial charge in [0.1, 0.15) is 10.8 Å². The molecule has 3 heterocycles. The average molecular weight is 492 g/mol. The van der Waals surface area contributed by atoms with Crippen LogP contribution in [0.4, 0.5) is 0 Å². The maximum atomic E-state index is 12.8. The van der Waals surface area contributed by atoms with Crippen LogP contribution in [0, 0.1) is 5.92 Å². The number of nitrogens with zero attached hydrogens (tertiary/aromatic N) is 1. The maximum Gasteiger partial charge on any atom is 0.138 e. The van der Waals surface area contributed by atoms with Gasteiger partial charge in [0.25, 0.3) is 0 Å². The van der Waals surface area contributed by atoms with Gasteiger partial charge in [0, 0.05) is 39.2 Å². The van der Waals surface area contributed by atoms with Gasteiger partial charge in [-0.3, -0.25) is 4.79 Å². The zero-order valence-corrected chi connectivity index (χ0v) is 20.2. The predicted octanol–water partition coefficient (Wildman–Crippen LogP) is 6.76. The Kier molecular flexibility index (Phi) is 6.84. The van der Waals surface area contributed by atoms with E-state index in [0.717, 1.165) is 47.3 Å². The zero-order chi connectivity index (χ0) is 20.4. The highest BCUT2D eigenvalue weighted by Gasteiger charge is 2.25. The van der Waals surface area contributed by atoms with Gasteiger partial charge in [0.2, 0.25) is 0 Å².